The van der Waals surface area contributed by atoms with Crippen LogP contribution in [0.25, 0.3) is 11.1 Å². The van der Waals surface area contributed by atoms with E-state index >= 15 is 0 Å². The minimum absolute atomic E-state index is 0.120. The molecule has 39 heavy (non-hydrogen) atoms. The first-order chi connectivity index (χ1) is 18.8. The molecule has 2 atom stereocenters. The maximum Gasteiger partial charge on any atom is 0.329 e. The van der Waals surface area contributed by atoms with Crippen molar-refractivity contribution in [1.29, 1.82) is 0 Å². The molecule has 3 aromatic rings. The van der Waals surface area contributed by atoms with E-state index in [-0.39, 0.29) is 11.3 Å². The number of benzene rings is 3. The lowest BCUT2D eigenvalue weighted by atomic mass is 9.99. The lowest BCUT2D eigenvalue weighted by Crippen LogP contribution is -2.50. The number of hydrogen-bond donors (Lipinski definition) is 1. The zero-order valence-electron chi connectivity index (χ0n) is 21.9. The number of hydroxylamine groups is 2. The Morgan fingerprint density at radius 2 is 1.67 bits per heavy atom. The first-order valence-electron chi connectivity index (χ1n) is 12.3. The maximum absolute atomic E-state index is 12.9. The van der Waals surface area contributed by atoms with Crippen molar-refractivity contribution in [3.63, 3.8) is 0 Å². The van der Waals surface area contributed by atoms with Gasteiger partial charge in [0, 0.05) is 13.0 Å². The SMILES string of the molecule is COc1cccc(OC)c1-c1ccc(C[C@@H](C(=O)O)N(/C=N/C2CCN2S(=O)(=O)c2ccccc2)OC)cc1. The molecule has 0 amide bonds. The predicted molar refractivity (Wildman–Crippen MR) is 146 cm³/mol. The minimum Gasteiger partial charge on any atom is -0.496 e. The monoisotopic (exact) mass is 553 g/mol. The summed E-state index contributed by atoms with van der Waals surface area (Å²) >= 11 is 0. The fraction of sp³-hybridized carbons (Fsp3) is 0.286. The topological polar surface area (TPSA) is 118 Å². The average molecular weight is 554 g/mol. The summed E-state index contributed by atoms with van der Waals surface area (Å²) in [6.07, 6.45) is 1.25. The van der Waals surface area contributed by atoms with Crippen molar-refractivity contribution in [3.8, 4) is 22.6 Å². The Hall–Kier alpha value is -3.93. The van der Waals surface area contributed by atoms with Crippen LogP contribution in [0.1, 0.15) is 12.0 Å². The van der Waals surface area contributed by atoms with E-state index in [9.17, 15) is 18.3 Å². The van der Waals surface area contributed by atoms with Gasteiger partial charge in [-0.15, -0.1) is 0 Å². The summed E-state index contributed by atoms with van der Waals surface area (Å²) in [5.74, 6) is 0.208. The molecule has 1 aliphatic heterocycles. The van der Waals surface area contributed by atoms with Crippen molar-refractivity contribution >= 4 is 22.3 Å². The molecule has 3 aromatic carbocycles. The van der Waals surface area contributed by atoms with Gasteiger partial charge in [0.25, 0.3) is 0 Å². The Bertz CT molecular complexity index is 1390. The predicted octanol–water partition coefficient (Wildman–Crippen LogP) is 3.68. The van der Waals surface area contributed by atoms with E-state index in [1.54, 1.807) is 32.4 Å². The Labute approximate surface area is 228 Å². The van der Waals surface area contributed by atoms with Crippen LogP contribution in [0.15, 0.2) is 82.7 Å². The Balaban J connectivity index is 1.49. The quantitative estimate of drug-likeness (QED) is 0.205. The van der Waals surface area contributed by atoms with Crippen LogP contribution in [0, 0.1) is 0 Å². The fourth-order valence-corrected chi connectivity index (χ4v) is 5.96. The zero-order chi connectivity index (χ0) is 28.0. The largest absolute Gasteiger partial charge is 0.496 e. The van der Waals surface area contributed by atoms with Crippen LogP contribution in [0.2, 0.25) is 0 Å². The van der Waals surface area contributed by atoms with Gasteiger partial charge >= 0.3 is 5.97 Å². The van der Waals surface area contributed by atoms with E-state index in [1.807, 2.05) is 42.5 Å². The van der Waals surface area contributed by atoms with E-state index < -0.39 is 28.2 Å². The number of nitrogens with zero attached hydrogens (tertiary/aromatic N) is 3. The lowest BCUT2D eigenvalue weighted by Gasteiger charge is -2.37. The van der Waals surface area contributed by atoms with Gasteiger partial charge in [-0.3, -0.25) is 9.83 Å². The number of carboxylic acid groups (broad SMARTS) is 1. The highest BCUT2D eigenvalue weighted by molar-refractivity contribution is 7.89. The molecule has 206 valence electrons. The third-order valence-corrected chi connectivity index (χ3v) is 8.46. The number of sulfonamides is 1. The molecule has 4 rings (SSSR count). The molecule has 0 aliphatic carbocycles. The number of ether oxygens (including phenoxy) is 2. The Morgan fingerprint density at radius 1 is 1.03 bits per heavy atom. The molecule has 1 aliphatic rings. The van der Waals surface area contributed by atoms with Crippen LogP contribution in [0.4, 0.5) is 0 Å². The molecule has 11 heteroatoms. The number of carboxylic acids is 1. The molecule has 1 N–H and O–H groups in total. The molecule has 0 saturated carbocycles. The van der Waals surface area contributed by atoms with Gasteiger partial charge in [0.1, 0.15) is 24.0 Å². The van der Waals surface area contributed by atoms with E-state index in [0.29, 0.717) is 24.5 Å². The molecule has 1 unspecified atom stereocenters. The molecular formula is C28H31N3O7S. The van der Waals surface area contributed by atoms with Crippen molar-refractivity contribution in [1.82, 2.24) is 9.37 Å². The van der Waals surface area contributed by atoms with E-state index in [2.05, 4.69) is 4.99 Å². The summed E-state index contributed by atoms with van der Waals surface area (Å²) in [5, 5.41) is 11.1. The minimum atomic E-state index is -3.70. The third kappa shape index (κ3) is 6.06. The van der Waals surface area contributed by atoms with Gasteiger partial charge in [-0.25, -0.2) is 18.3 Å². The summed E-state index contributed by atoms with van der Waals surface area (Å²) in [5.41, 5.74) is 2.41. The van der Waals surface area contributed by atoms with Gasteiger partial charge in [0.2, 0.25) is 10.0 Å². The van der Waals surface area contributed by atoms with Gasteiger partial charge < -0.3 is 14.6 Å². The van der Waals surface area contributed by atoms with Gasteiger partial charge in [0.15, 0.2) is 6.04 Å². The highest BCUT2D eigenvalue weighted by Crippen LogP contribution is 2.38. The van der Waals surface area contributed by atoms with E-state index in [0.717, 1.165) is 21.8 Å². The van der Waals surface area contributed by atoms with Crippen LogP contribution in [-0.4, -0.2) is 75.3 Å². The van der Waals surface area contributed by atoms with Gasteiger partial charge in [0.05, 0.1) is 31.8 Å². The van der Waals surface area contributed by atoms with Gasteiger partial charge in [-0.1, -0.05) is 48.5 Å². The normalized spacial score (nSPS) is 16.4. The number of carbonyl (C=O) groups is 1. The van der Waals surface area contributed by atoms with Gasteiger partial charge in [-0.2, -0.15) is 4.31 Å². The van der Waals surface area contributed by atoms with Crippen LogP contribution in [0.5, 0.6) is 11.5 Å². The van der Waals surface area contributed by atoms with E-state index in [1.165, 1.54) is 29.9 Å². The average Bonchev–Trinajstić information content (AvgIpc) is 2.93. The van der Waals surface area contributed by atoms with Crippen molar-refractivity contribution in [3.05, 3.63) is 78.4 Å². The lowest BCUT2D eigenvalue weighted by molar-refractivity contribution is -0.158. The van der Waals surface area contributed by atoms with Crippen molar-refractivity contribution in [2.45, 2.75) is 29.9 Å². The molecule has 0 radical (unpaired) electrons. The van der Waals surface area contributed by atoms with Crippen LogP contribution < -0.4 is 9.47 Å². The van der Waals surface area contributed by atoms with Crippen molar-refractivity contribution in [2.75, 3.05) is 27.9 Å². The molecule has 0 aromatic heterocycles. The zero-order valence-corrected chi connectivity index (χ0v) is 22.7. The highest BCUT2D eigenvalue weighted by Gasteiger charge is 2.38. The number of aliphatic carboxylic acids is 1. The molecule has 10 nitrogen and oxygen atoms in total. The second-order valence-corrected chi connectivity index (χ2v) is 10.7. The standard InChI is InChI=1S/C28H31N3O7S/c1-36-24-10-7-11-25(37-2)27(24)21-14-12-20(13-15-21)18-23(28(32)33)30(38-3)19-29-26-16-17-31(26)39(34,35)22-8-5-4-6-9-22/h4-15,19,23,26H,16-18H2,1-3H3,(H,32,33)/b29-19+/t23-,26?/m0/s1. The summed E-state index contributed by atoms with van der Waals surface area (Å²) < 4.78 is 38.1. The van der Waals surface area contributed by atoms with Crippen molar-refractivity contribution in [2.24, 2.45) is 4.99 Å². The molecular weight excluding hydrogens is 522 g/mol. The fourth-order valence-electron chi connectivity index (χ4n) is 4.36. The smallest absolute Gasteiger partial charge is 0.329 e. The Kier molecular flexibility index (Phi) is 8.85. The van der Waals surface area contributed by atoms with Gasteiger partial charge in [-0.05, 0) is 41.8 Å². The number of aliphatic imine (C=N–C) groups is 1. The molecule has 0 spiro atoms. The van der Waals surface area contributed by atoms with Crippen LogP contribution >= 0.6 is 0 Å². The number of methoxy groups -OCH3 is 2. The van der Waals surface area contributed by atoms with Crippen LogP contribution in [0.3, 0.4) is 0 Å². The first kappa shape index (κ1) is 28.1. The summed E-state index contributed by atoms with van der Waals surface area (Å²) in [4.78, 5) is 22.0. The number of hydrogen-bond acceptors (Lipinski definition) is 7. The molecule has 1 saturated heterocycles. The second-order valence-electron chi connectivity index (χ2n) is 8.80. The first-order valence-corrected chi connectivity index (χ1v) is 13.7. The highest BCUT2D eigenvalue weighted by atomic mass is 32.2. The summed E-state index contributed by atoms with van der Waals surface area (Å²) in [7, 11) is 0.820. The summed E-state index contributed by atoms with van der Waals surface area (Å²) in [6.45, 7) is 0.331. The van der Waals surface area contributed by atoms with E-state index in [4.69, 9.17) is 14.3 Å². The third-order valence-electron chi connectivity index (χ3n) is 6.55. The summed E-state index contributed by atoms with van der Waals surface area (Å²) in [6, 6.07) is 20.0. The van der Waals surface area contributed by atoms with Crippen LogP contribution in [-0.2, 0) is 26.1 Å². The molecule has 0 bridgehead atoms. The maximum atomic E-state index is 12.9. The molecule has 1 fully saturated rings. The molecule has 1 heterocycles. The number of rotatable bonds is 12. The van der Waals surface area contributed by atoms with Crippen molar-refractivity contribution < 1.29 is 32.6 Å². The second kappa shape index (κ2) is 12.3. The Morgan fingerprint density at radius 3 is 2.18 bits per heavy atom.